The van der Waals surface area contributed by atoms with Crippen molar-refractivity contribution < 1.29 is 19.8 Å². The van der Waals surface area contributed by atoms with E-state index in [-0.39, 0.29) is 26.3 Å². The topological polar surface area (TPSA) is 113 Å². The van der Waals surface area contributed by atoms with Gasteiger partial charge in [0.25, 0.3) is 0 Å². The second kappa shape index (κ2) is 8.10. The Morgan fingerprint density at radius 2 is 1.80 bits per heavy atom. The average Bonchev–Trinajstić information content (AvgIpc) is 2.16. The van der Waals surface area contributed by atoms with Crippen LogP contribution in [0.15, 0.2) is 0 Å². The molecular weight excluding hydrogens is 334 g/mol. The van der Waals surface area contributed by atoms with E-state index < -0.39 is 24.0 Å². The van der Waals surface area contributed by atoms with Gasteiger partial charge >= 0.3 is 98.8 Å². The predicted molar refractivity (Wildman–Crippen MR) is 57.2 cm³/mol. The van der Waals surface area contributed by atoms with Crippen LogP contribution in [-0.4, -0.2) is 67.5 Å². The van der Waals surface area contributed by atoms with Crippen LogP contribution in [0.25, 0.3) is 0 Å². The Morgan fingerprint density at radius 3 is 2.20 bits per heavy atom. The van der Waals surface area contributed by atoms with Gasteiger partial charge in [0.15, 0.2) is 0 Å². The third-order valence-electron chi connectivity index (χ3n) is 1.53. The van der Waals surface area contributed by atoms with E-state index in [0.717, 1.165) is 0 Å². The number of aliphatic carboxylic acids is 2. The fourth-order valence-electron chi connectivity index (χ4n) is 0.587. The van der Waals surface area contributed by atoms with Crippen LogP contribution >= 0.6 is 0 Å². The molecule has 8 heteroatoms. The van der Waals surface area contributed by atoms with Crippen molar-refractivity contribution in [3.8, 4) is 0 Å². The summed E-state index contributed by atoms with van der Waals surface area (Å²) >= 11 is 0.321. The molecule has 0 saturated heterocycles. The van der Waals surface area contributed by atoms with Gasteiger partial charge in [0.2, 0.25) is 0 Å². The van der Waals surface area contributed by atoms with Gasteiger partial charge in [-0.05, 0) is 0 Å². The van der Waals surface area contributed by atoms with E-state index in [1.54, 1.807) is 7.05 Å². The van der Waals surface area contributed by atoms with Crippen LogP contribution in [0, 0.1) is 0 Å². The molecule has 0 spiro atoms. The number of hydrogen-bond donors (Lipinski definition) is 4. The van der Waals surface area contributed by atoms with Crippen LogP contribution in [-0.2, 0) is 9.59 Å². The summed E-state index contributed by atoms with van der Waals surface area (Å²) in [4.78, 5) is 21.0. The molecule has 0 aliphatic rings. The molecule has 0 fully saturated rings. The van der Waals surface area contributed by atoms with Crippen molar-refractivity contribution in [3.05, 3.63) is 0 Å². The van der Waals surface area contributed by atoms with E-state index in [4.69, 9.17) is 15.9 Å². The maximum atomic E-state index is 10.6. The molecule has 0 aromatic rings. The van der Waals surface area contributed by atoms with Crippen LogP contribution in [0.5, 0.6) is 0 Å². The summed E-state index contributed by atoms with van der Waals surface area (Å²) in [7, 11) is 1.60. The second-order valence-corrected chi connectivity index (χ2v) is 10.2. The molecule has 1 unspecified atom stereocenters. The number of carboxylic acids is 2. The molecule has 0 saturated carbocycles. The molecule has 0 rings (SSSR count). The quantitative estimate of drug-likeness (QED) is 0.305. The Labute approximate surface area is 98.8 Å². The average molecular weight is 348 g/mol. The first-order chi connectivity index (χ1) is 6.99. The third-order valence-corrected chi connectivity index (χ3v) is 8.69. The number of nitrogens with one attached hydrogen (secondary N) is 1. The fraction of sp³-hybridized carbons (Fsp3) is 0.714. The molecule has 5 N–H and O–H groups in total. The van der Waals surface area contributed by atoms with Crippen molar-refractivity contribution in [2.45, 2.75) is 22.7 Å². The minimum absolute atomic E-state index is 0.148. The van der Waals surface area contributed by atoms with E-state index >= 15 is 0 Å². The summed E-state index contributed by atoms with van der Waals surface area (Å²) in [5.41, 5.74) is 5.32. The zero-order valence-corrected chi connectivity index (χ0v) is 11.6. The first-order valence-electron chi connectivity index (χ1n) is 4.12. The summed E-state index contributed by atoms with van der Waals surface area (Å²) in [6.45, 7) is 0. The standard InChI is InChI=1S/C7H14N2O4Se2/c1-9-5(7(12)13)3-15-14-2-4(8)6(10)11/h4-5,9H,2-3,8H2,1H3,(H,10,11)(H,12,13)/t4?,5-/m0/s1. The van der Waals surface area contributed by atoms with E-state index in [1.807, 2.05) is 0 Å². The number of carboxylic acid groups (broad SMARTS) is 2. The van der Waals surface area contributed by atoms with Gasteiger partial charge in [-0.15, -0.1) is 0 Å². The van der Waals surface area contributed by atoms with Crippen LogP contribution in [0.1, 0.15) is 0 Å². The van der Waals surface area contributed by atoms with Crippen LogP contribution in [0.2, 0.25) is 10.6 Å². The summed E-state index contributed by atoms with van der Waals surface area (Å²) in [5, 5.41) is 21.0. The van der Waals surface area contributed by atoms with Crippen molar-refractivity contribution in [1.29, 1.82) is 0 Å². The van der Waals surface area contributed by atoms with Gasteiger partial charge in [-0.1, -0.05) is 0 Å². The molecular formula is C7H14N2O4Se2. The molecule has 0 amide bonds. The van der Waals surface area contributed by atoms with E-state index in [9.17, 15) is 9.59 Å². The van der Waals surface area contributed by atoms with Gasteiger partial charge in [0.1, 0.15) is 0 Å². The van der Waals surface area contributed by atoms with Crippen molar-refractivity contribution >= 4 is 38.2 Å². The molecule has 0 heterocycles. The Bertz CT molecular complexity index is 227. The summed E-state index contributed by atoms with van der Waals surface area (Å²) in [6, 6.07) is -1.32. The maximum absolute atomic E-state index is 10.6. The van der Waals surface area contributed by atoms with Gasteiger partial charge in [-0.25, -0.2) is 0 Å². The molecule has 2 atom stereocenters. The Hall–Kier alpha value is -0.101. The summed E-state index contributed by atoms with van der Waals surface area (Å²) in [5.74, 6) is -1.85. The normalized spacial score (nSPS) is 14.5. The number of hydrogen-bond acceptors (Lipinski definition) is 4. The molecule has 88 valence electrons. The van der Waals surface area contributed by atoms with Crippen LogP contribution in [0.4, 0.5) is 0 Å². The molecule has 0 aliphatic carbocycles. The number of nitrogens with two attached hydrogens (primary N) is 1. The SMILES string of the molecule is CN[C@@H](C[Se][Se]CC(N)C(=O)O)C(=O)O. The third kappa shape index (κ3) is 6.89. The summed E-state index contributed by atoms with van der Waals surface area (Å²) in [6.07, 6.45) is 0. The number of carbonyl (C=O) groups is 2. The fourth-order valence-corrected chi connectivity index (χ4v) is 7.71. The number of rotatable bonds is 8. The Kier molecular flexibility index (Phi) is 8.04. The van der Waals surface area contributed by atoms with Crippen LogP contribution < -0.4 is 11.1 Å². The predicted octanol–water partition coefficient (Wildman–Crippen LogP) is -1.77. The van der Waals surface area contributed by atoms with E-state index in [0.29, 0.717) is 10.6 Å². The minimum atomic E-state index is -0.990. The monoisotopic (exact) mass is 350 g/mol. The first kappa shape index (κ1) is 14.9. The molecule has 6 nitrogen and oxygen atoms in total. The first-order valence-corrected chi connectivity index (χ1v) is 10.9. The van der Waals surface area contributed by atoms with Crippen LogP contribution in [0.3, 0.4) is 0 Å². The molecule has 0 aliphatic heterocycles. The van der Waals surface area contributed by atoms with Crippen molar-refractivity contribution in [1.82, 2.24) is 5.32 Å². The van der Waals surface area contributed by atoms with E-state index in [2.05, 4.69) is 5.32 Å². The zero-order valence-electron chi connectivity index (χ0n) is 8.17. The molecule has 0 bridgehead atoms. The van der Waals surface area contributed by atoms with Gasteiger partial charge in [0.05, 0.1) is 0 Å². The molecule has 0 aromatic carbocycles. The van der Waals surface area contributed by atoms with Crippen molar-refractivity contribution in [2.24, 2.45) is 5.73 Å². The molecule has 0 radical (unpaired) electrons. The Morgan fingerprint density at radius 1 is 1.27 bits per heavy atom. The van der Waals surface area contributed by atoms with E-state index in [1.165, 1.54) is 0 Å². The van der Waals surface area contributed by atoms with Crippen molar-refractivity contribution in [3.63, 3.8) is 0 Å². The van der Waals surface area contributed by atoms with Crippen molar-refractivity contribution in [2.75, 3.05) is 7.05 Å². The molecule has 0 aromatic heterocycles. The number of likely N-dealkylation sites (N-methyl/N-ethyl adjacent to an activating group) is 1. The van der Waals surface area contributed by atoms with Gasteiger partial charge in [-0.2, -0.15) is 0 Å². The van der Waals surface area contributed by atoms with Gasteiger partial charge < -0.3 is 0 Å². The summed E-state index contributed by atoms with van der Waals surface area (Å²) < 4.78 is 0. The Balaban J connectivity index is 3.61. The zero-order chi connectivity index (χ0) is 11.8. The molecule has 15 heavy (non-hydrogen) atoms. The van der Waals surface area contributed by atoms with Gasteiger partial charge in [0, 0.05) is 0 Å². The second-order valence-electron chi connectivity index (χ2n) is 2.69. The van der Waals surface area contributed by atoms with Gasteiger partial charge in [-0.3, -0.25) is 0 Å².